The summed E-state index contributed by atoms with van der Waals surface area (Å²) in [4.78, 5) is 11.7. The van der Waals surface area contributed by atoms with Crippen LogP contribution in [0.3, 0.4) is 0 Å². The van der Waals surface area contributed by atoms with E-state index in [1.54, 1.807) is 0 Å². The molecule has 0 aromatic rings. The van der Waals surface area contributed by atoms with Gasteiger partial charge in [0.2, 0.25) is 0 Å². The standard InChI is InChI=1S/C21H36O2/c1-17(2)9-7-11-19(5)13-14-21(22)23-16-15-20(6)12-8-10-18(3)4/h9-10,15,19H,7-8,11-14,16H2,1-6H3/b20-15-. The van der Waals surface area contributed by atoms with Crippen molar-refractivity contribution in [2.24, 2.45) is 5.92 Å². The molecule has 2 nitrogen and oxygen atoms in total. The van der Waals surface area contributed by atoms with Gasteiger partial charge in [0.1, 0.15) is 6.61 Å². The Morgan fingerprint density at radius 2 is 1.48 bits per heavy atom. The molecule has 0 saturated carbocycles. The summed E-state index contributed by atoms with van der Waals surface area (Å²) >= 11 is 0. The van der Waals surface area contributed by atoms with Gasteiger partial charge in [0.15, 0.2) is 0 Å². The molecule has 0 bridgehead atoms. The second-order valence-corrected chi connectivity index (χ2v) is 7.06. The average molecular weight is 321 g/mol. The quantitative estimate of drug-likeness (QED) is 0.326. The molecule has 0 saturated heterocycles. The summed E-state index contributed by atoms with van der Waals surface area (Å²) in [6.07, 6.45) is 12.3. The molecule has 2 heteroatoms. The summed E-state index contributed by atoms with van der Waals surface area (Å²) in [6.45, 7) is 13.2. The number of allylic oxidation sites excluding steroid dienone is 5. The van der Waals surface area contributed by atoms with E-state index in [9.17, 15) is 4.79 Å². The molecular formula is C21H36O2. The van der Waals surface area contributed by atoms with Gasteiger partial charge >= 0.3 is 5.97 Å². The van der Waals surface area contributed by atoms with Crippen molar-refractivity contribution in [3.63, 3.8) is 0 Å². The van der Waals surface area contributed by atoms with Crippen LogP contribution in [-0.2, 0) is 9.53 Å². The Morgan fingerprint density at radius 3 is 2.09 bits per heavy atom. The number of hydrogen-bond donors (Lipinski definition) is 0. The third-order valence-corrected chi connectivity index (χ3v) is 3.82. The lowest BCUT2D eigenvalue weighted by molar-refractivity contribution is -0.142. The maximum absolute atomic E-state index is 11.7. The summed E-state index contributed by atoms with van der Waals surface area (Å²) in [7, 11) is 0. The fourth-order valence-corrected chi connectivity index (χ4v) is 2.20. The lowest BCUT2D eigenvalue weighted by Crippen LogP contribution is -2.07. The highest BCUT2D eigenvalue weighted by Gasteiger charge is 2.07. The Balaban J connectivity index is 3.81. The second kappa shape index (κ2) is 13.2. The van der Waals surface area contributed by atoms with Gasteiger partial charge in [-0.2, -0.15) is 0 Å². The number of carbonyl (C=O) groups excluding carboxylic acids is 1. The molecule has 23 heavy (non-hydrogen) atoms. The van der Waals surface area contributed by atoms with Crippen molar-refractivity contribution in [1.82, 2.24) is 0 Å². The molecule has 0 rings (SSSR count). The van der Waals surface area contributed by atoms with Crippen LogP contribution in [0.1, 0.15) is 80.1 Å². The smallest absolute Gasteiger partial charge is 0.306 e. The molecule has 0 radical (unpaired) electrons. The maximum atomic E-state index is 11.7. The maximum Gasteiger partial charge on any atom is 0.306 e. The topological polar surface area (TPSA) is 26.3 Å². The first-order valence-electron chi connectivity index (χ1n) is 8.89. The molecule has 1 unspecified atom stereocenters. The van der Waals surface area contributed by atoms with E-state index < -0.39 is 0 Å². The van der Waals surface area contributed by atoms with Crippen molar-refractivity contribution < 1.29 is 9.53 Å². The van der Waals surface area contributed by atoms with E-state index in [4.69, 9.17) is 4.74 Å². The predicted molar refractivity (Wildman–Crippen MR) is 100 cm³/mol. The fourth-order valence-electron chi connectivity index (χ4n) is 2.20. The lowest BCUT2D eigenvalue weighted by atomic mass is 9.99. The van der Waals surface area contributed by atoms with Crippen molar-refractivity contribution in [2.45, 2.75) is 80.1 Å². The van der Waals surface area contributed by atoms with E-state index in [0.29, 0.717) is 18.9 Å². The van der Waals surface area contributed by atoms with Gasteiger partial charge in [-0.05, 0) is 78.7 Å². The van der Waals surface area contributed by atoms with Crippen LogP contribution >= 0.6 is 0 Å². The molecule has 0 aromatic carbocycles. The van der Waals surface area contributed by atoms with Crippen LogP contribution in [-0.4, -0.2) is 12.6 Å². The second-order valence-electron chi connectivity index (χ2n) is 7.06. The minimum absolute atomic E-state index is 0.0765. The molecule has 0 amide bonds. The fraction of sp³-hybridized carbons (Fsp3) is 0.667. The number of hydrogen-bond acceptors (Lipinski definition) is 2. The van der Waals surface area contributed by atoms with E-state index in [1.165, 1.54) is 16.7 Å². The first-order valence-corrected chi connectivity index (χ1v) is 8.89. The van der Waals surface area contributed by atoms with Gasteiger partial charge in [-0.15, -0.1) is 0 Å². The number of ether oxygens (including phenoxy) is 1. The van der Waals surface area contributed by atoms with Crippen LogP contribution in [0, 0.1) is 5.92 Å². The Bertz CT molecular complexity index is 419. The molecule has 0 heterocycles. The summed E-state index contributed by atoms with van der Waals surface area (Å²) in [5.41, 5.74) is 4.00. The van der Waals surface area contributed by atoms with E-state index in [2.05, 4.69) is 53.7 Å². The first kappa shape index (κ1) is 21.7. The molecule has 0 spiro atoms. The van der Waals surface area contributed by atoms with Crippen molar-refractivity contribution in [3.8, 4) is 0 Å². The van der Waals surface area contributed by atoms with Crippen LogP contribution in [0.5, 0.6) is 0 Å². The van der Waals surface area contributed by atoms with Gasteiger partial charge in [-0.25, -0.2) is 0 Å². The minimum atomic E-state index is -0.0765. The molecule has 0 aromatic heterocycles. The summed E-state index contributed by atoms with van der Waals surface area (Å²) in [5.74, 6) is 0.493. The Kier molecular flexibility index (Phi) is 12.4. The molecule has 132 valence electrons. The third-order valence-electron chi connectivity index (χ3n) is 3.82. The Labute approximate surface area is 143 Å². The molecule has 0 aliphatic carbocycles. The molecule has 0 aliphatic heterocycles. The zero-order chi connectivity index (χ0) is 17.7. The molecular weight excluding hydrogens is 284 g/mol. The van der Waals surface area contributed by atoms with Crippen LogP contribution in [0.15, 0.2) is 34.9 Å². The molecule has 1 atom stereocenters. The average Bonchev–Trinajstić information content (AvgIpc) is 2.44. The van der Waals surface area contributed by atoms with Crippen LogP contribution in [0.25, 0.3) is 0 Å². The van der Waals surface area contributed by atoms with Gasteiger partial charge in [0.25, 0.3) is 0 Å². The number of esters is 1. The van der Waals surface area contributed by atoms with Gasteiger partial charge in [-0.3, -0.25) is 4.79 Å². The van der Waals surface area contributed by atoms with Crippen LogP contribution < -0.4 is 0 Å². The predicted octanol–water partition coefficient (Wildman–Crippen LogP) is 6.39. The van der Waals surface area contributed by atoms with Crippen molar-refractivity contribution >= 4 is 5.97 Å². The number of rotatable bonds is 11. The first-order chi connectivity index (χ1) is 10.8. The zero-order valence-electron chi connectivity index (χ0n) is 16.1. The third kappa shape index (κ3) is 15.4. The van der Waals surface area contributed by atoms with E-state index >= 15 is 0 Å². The van der Waals surface area contributed by atoms with Gasteiger partial charge in [0, 0.05) is 6.42 Å². The summed E-state index contributed by atoms with van der Waals surface area (Å²) in [6, 6.07) is 0. The monoisotopic (exact) mass is 320 g/mol. The Hall–Kier alpha value is -1.31. The highest BCUT2D eigenvalue weighted by atomic mass is 16.5. The highest BCUT2D eigenvalue weighted by Crippen LogP contribution is 2.14. The van der Waals surface area contributed by atoms with E-state index in [-0.39, 0.29) is 5.97 Å². The Morgan fingerprint density at radius 1 is 0.870 bits per heavy atom. The normalized spacial score (nSPS) is 12.5. The highest BCUT2D eigenvalue weighted by molar-refractivity contribution is 5.69. The summed E-state index contributed by atoms with van der Waals surface area (Å²) in [5, 5.41) is 0. The SMILES string of the molecule is CC(C)=CCC/C(C)=C\COC(=O)CCC(C)CCC=C(C)C. The van der Waals surface area contributed by atoms with Gasteiger partial charge in [-0.1, -0.05) is 35.8 Å². The zero-order valence-corrected chi connectivity index (χ0v) is 16.1. The molecule has 0 aliphatic rings. The number of carbonyl (C=O) groups is 1. The lowest BCUT2D eigenvalue weighted by Gasteiger charge is -2.09. The van der Waals surface area contributed by atoms with Crippen LogP contribution in [0.2, 0.25) is 0 Å². The molecule has 0 N–H and O–H groups in total. The van der Waals surface area contributed by atoms with Crippen molar-refractivity contribution in [3.05, 3.63) is 34.9 Å². The minimum Gasteiger partial charge on any atom is -0.461 e. The van der Waals surface area contributed by atoms with Gasteiger partial charge in [0.05, 0.1) is 0 Å². The van der Waals surface area contributed by atoms with Crippen LogP contribution in [0.4, 0.5) is 0 Å². The van der Waals surface area contributed by atoms with Crippen molar-refractivity contribution in [1.29, 1.82) is 0 Å². The van der Waals surface area contributed by atoms with Gasteiger partial charge < -0.3 is 4.74 Å². The summed E-state index contributed by atoms with van der Waals surface area (Å²) < 4.78 is 5.29. The van der Waals surface area contributed by atoms with Crippen molar-refractivity contribution in [2.75, 3.05) is 6.61 Å². The van der Waals surface area contributed by atoms with E-state index in [1.807, 2.05) is 6.08 Å². The largest absolute Gasteiger partial charge is 0.461 e. The molecule has 0 fully saturated rings. The van der Waals surface area contributed by atoms with E-state index in [0.717, 1.165) is 32.1 Å².